The van der Waals surface area contributed by atoms with Crippen molar-refractivity contribution in [2.24, 2.45) is 0 Å². The van der Waals surface area contributed by atoms with E-state index in [0.717, 1.165) is 30.5 Å². The molecule has 0 fully saturated rings. The molecule has 0 bridgehead atoms. The molecule has 1 heterocycles. The summed E-state index contributed by atoms with van der Waals surface area (Å²) < 4.78 is 18.6. The Hall–Kier alpha value is -1.94. The third-order valence-corrected chi connectivity index (χ3v) is 3.38. The molecule has 0 aliphatic heterocycles. The maximum absolute atomic E-state index is 13.6. The summed E-state index contributed by atoms with van der Waals surface area (Å²) in [5.41, 5.74) is 2.17. The molecule has 4 heteroatoms. The summed E-state index contributed by atoms with van der Waals surface area (Å²) in [5.74, 6) is -0.0566. The number of hydrogen-bond acceptors (Lipinski definition) is 3. The second kappa shape index (κ2) is 7.74. The lowest BCUT2D eigenvalue weighted by Crippen LogP contribution is -2.24. The highest BCUT2D eigenvalue weighted by Crippen LogP contribution is 2.25. The summed E-state index contributed by atoms with van der Waals surface area (Å²) in [7, 11) is 1.48. The van der Waals surface area contributed by atoms with Crippen LogP contribution in [0.2, 0.25) is 0 Å². The first-order valence-electron chi connectivity index (χ1n) is 7.20. The van der Waals surface area contributed by atoms with Gasteiger partial charge in [0.05, 0.1) is 7.11 Å². The van der Waals surface area contributed by atoms with E-state index in [1.807, 2.05) is 24.4 Å². The second-order valence-corrected chi connectivity index (χ2v) is 4.97. The Kier molecular flexibility index (Phi) is 5.69. The minimum absolute atomic E-state index is 0.114. The van der Waals surface area contributed by atoms with Crippen LogP contribution in [0.3, 0.4) is 0 Å². The van der Waals surface area contributed by atoms with Crippen LogP contribution in [0, 0.1) is 5.82 Å². The van der Waals surface area contributed by atoms with E-state index >= 15 is 0 Å². The molecule has 0 saturated heterocycles. The van der Waals surface area contributed by atoms with Gasteiger partial charge in [0.1, 0.15) is 0 Å². The Bertz CT molecular complexity index is 560. The molecule has 1 unspecified atom stereocenters. The van der Waals surface area contributed by atoms with Crippen LogP contribution in [-0.4, -0.2) is 18.6 Å². The Morgan fingerprint density at radius 2 is 2.19 bits per heavy atom. The highest BCUT2D eigenvalue weighted by Gasteiger charge is 2.14. The average molecular weight is 288 g/mol. The van der Waals surface area contributed by atoms with Crippen LogP contribution in [0.1, 0.15) is 30.5 Å². The quantitative estimate of drug-likeness (QED) is 0.846. The van der Waals surface area contributed by atoms with Crippen LogP contribution in [0.15, 0.2) is 42.7 Å². The minimum Gasteiger partial charge on any atom is -0.494 e. The predicted molar refractivity (Wildman–Crippen MR) is 81.9 cm³/mol. The number of rotatable bonds is 7. The van der Waals surface area contributed by atoms with Gasteiger partial charge in [0.25, 0.3) is 0 Å². The number of halogens is 1. The molecule has 21 heavy (non-hydrogen) atoms. The van der Waals surface area contributed by atoms with Gasteiger partial charge in [0, 0.05) is 18.4 Å². The molecule has 0 spiro atoms. The van der Waals surface area contributed by atoms with Crippen molar-refractivity contribution < 1.29 is 9.13 Å². The molecule has 2 aromatic rings. The van der Waals surface area contributed by atoms with E-state index in [-0.39, 0.29) is 17.6 Å². The first-order valence-corrected chi connectivity index (χ1v) is 7.20. The summed E-state index contributed by atoms with van der Waals surface area (Å²) >= 11 is 0. The van der Waals surface area contributed by atoms with Crippen LogP contribution < -0.4 is 10.1 Å². The van der Waals surface area contributed by atoms with Crippen molar-refractivity contribution in [2.75, 3.05) is 13.7 Å². The third kappa shape index (κ3) is 4.26. The summed E-state index contributed by atoms with van der Waals surface area (Å²) in [6.45, 7) is 3.03. The zero-order chi connectivity index (χ0) is 15.1. The van der Waals surface area contributed by atoms with Crippen molar-refractivity contribution >= 4 is 0 Å². The Morgan fingerprint density at radius 1 is 1.33 bits per heavy atom. The van der Waals surface area contributed by atoms with Crippen LogP contribution in [0.25, 0.3) is 0 Å². The van der Waals surface area contributed by atoms with Gasteiger partial charge in [-0.3, -0.25) is 4.98 Å². The first kappa shape index (κ1) is 15.4. The second-order valence-electron chi connectivity index (χ2n) is 4.97. The number of pyridine rings is 1. The van der Waals surface area contributed by atoms with E-state index in [1.165, 1.54) is 13.2 Å². The Balaban J connectivity index is 2.22. The molecule has 3 nitrogen and oxygen atoms in total. The minimum atomic E-state index is -0.336. The molecule has 2 rings (SSSR count). The SMILES string of the molecule is CCCNC(Cc1cccnc1)c1ccc(F)c(OC)c1. The summed E-state index contributed by atoms with van der Waals surface area (Å²) in [6.07, 6.45) is 5.48. The first-order chi connectivity index (χ1) is 10.2. The lowest BCUT2D eigenvalue weighted by molar-refractivity contribution is 0.384. The summed E-state index contributed by atoms with van der Waals surface area (Å²) in [5, 5.41) is 3.50. The lowest BCUT2D eigenvalue weighted by atomic mass is 9.99. The highest BCUT2D eigenvalue weighted by molar-refractivity contribution is 5.33. The molecule has 1 atom stereocenters. The van der Waals surface area contributed by atoms with Gasteiger partial charge < -0.3 is 10.1 Å². The van der Waals surface area contributed by atoms with E-state index in [0.29, 0.717) is 0 Å². The van der Waals surface area contributed by atoms with Gasteiger partial charge in [-0.1, -0.05) is 19.1 Å². The maximum atomic E-state index is 13.6. The smallest absolute Gasteiger partial charge is 0.165 e. The van der Waals surface area contributed by atoms with Crippen LogP contribution in [0.5, 0.6) is 5.75 Å². The molecule has 112 valence electrons. The largest absolute Gasteiger partial charge is 0.494 e. The Labute approximate surface area is 125 Å². The molecule has 0 radical (unpaired) electrons. The molecule has 1 N–H and O–H groups in total. The van der Waals surface area contributed by atoms with Crippen molar-refractivity contribution in [2.45, 2.75) is 25.8 Å². The number of methoxy groups -OCH3 is 1. The van der Waals surface area contributed by atoms with Gasteiger partial charge in [0.2, 0.25) is 0 Å². The normalized spacial score (nSPS) is 12.1. The maximum Gasteiger partial charge on any atom is 0.165 e. The number of aromatic nitrogens is 1. The molecular formula is C17H21FN2O. The van der Waals surface area contributed by atoms with Gasteiger partial charge >= 0.3 is 0 Å². The standard InChI is InChI=1S/C17H21FN2O/c1-3-8-20-16(10-13-5-4-9-19-12-13)14-6-7-15(18)17(11-14)21-2/h4-7,9,11-12,16,20H,3,8,10H2,1-2H3. The summed E-state index contributed by atoms with van der Waals surface area (Å²) in [6, 6.07) is 9.12. The number of nitrogens with one attached hydrogen (secondary N) is 1. The molecule has 0 saturated carbocycles. The molecular weight excluding hydrogens is 267 g/mol. The van der Waals surface area contributed by atoms with Gasteiger partial charge in [-0.05, 0) is 48.7 Å². The number of benzene rings is 1. The molecule has 0 aliphatic rings. The van der Waals surface area contributed by atoms with E-state index < -0.39 is 0 Å². The third-order valence-electron chi connectivity index (χ3n) is 3.38. The molecule has 0 aliphatic carbocycles. The number of ether oxygens (including phenoxy) is 1. The molecule has 0 amide bonds. The lowest BCUT2D eigenvalue weighted by Gasteiger charge is -2.20. The molecule has 1 aromatic heterocycles. The van der Waals surface area contributed by atoms with Gasteiger partial charge in [0.15, 0.2) is 11.6 Å². The fraction of sp³-hybridized carbons (Fsp3) is 0.353. The van der Waals surface area contributed by atoms with Crippen molar-refractivity contribution in [3.63, 3.8) is 0 Å². The molecule has 1 aromatic carbocycles. The average Bonchev–Trinajstić information content (AvgIpc) is 2.53. The van der Waals surface area contributed by atoms with E-state index in [4.69, 9.17) is 4.74 Å². The van der Waals surface area contributed by atoms with Crippen molar-refractivity contribution in [3.8, 4) is 5.75 Å². The Morgan fingerprint density at radius 3 is 2.86 bits per heavy atom. The van der Waals surface area contributed by atoms with E-state index in [9.17, 15) is 4.39 Å². The fourth-order valence-corrected chi connectivity index (χ4v) is 2.27. The van der Waals surface area contributed by atoms with Crippen LogP contribution in [0.4, 0.5) is 4.39 Å². The highest BCUT2D eigenvalue weighted by atomic mass is 19.1. The number of hydrogen-bond donors (Lipinski definition) is 1. The van der Waals surface area contributed by atoms with Gasteiger partial charge in [-0.15, -0.1) is 0 Å². The van der Waals surface area contributed by atoms with Crippen LogP contribution in [-0.2, 0) is 6.42 Å². The van der Waals surface area contributed by atoms with Crippen molar-refractivity contribution in [1.29, 1.82) is 0 Å². The van der Waals surface area contributed by atoms with Crippen LogP contribution >= 0.6 is 0 Å². The van der Waals surface area contributed by atoms with Crippen molar-refractivity contribution in [1.82, 2.24) is 10.3 Å². The van der Waals surface area contributed by atoms with E-state index in [2.05, 4.69) is 17.2 Å². The number of nitrogens with zero attached hydrogens (tertiary/aromatic N) is 1. The zero-order valence-corrected chi connectivity index (χ0v) is 12.5. The fourth-order valence-electron chi connectivity index (χ4n) is 2.27. The zero-order valence-electron chi connectivity index (χ0n) is 12.5. The predicted octanol–water partition coefficient (Wildman–Crippen LogP) is 3.51. The van der Waals surface area contributed by atoms with Gasteiger partial charge in [-0.25, -0.2) is 4.39 Å². The van der Waals surface area contributed by atoms with Crippen molar-refractivity contribution in [3.05, 3.63) is 59.7 Å². The summed E-state index contributed by atoms with van der Waals surface area (Å²) in [4.78, 5) is 4.15. The van der Waals surface area contributed by atoms with Gasteiger partial charge in [-0.2, -0.15) is 0 Å². The topological polar surface area (TPSA) is 34.2 Å². The monoisotopic (exact) mass is 288 g/mol. The van der Waals surface area contributed by atoms with E-state index in [1.54, 1.807) is 12.3 Å².